The first-order valence-electron chi connectivity index (χ1n) is 6.62. The standard InChI is InChI=1S/C13H31N3/c1-7-13(14-4)12(3)16(8-2)11-9-10-15(5)6/h12-14H,7-11H2,1-6H3. The topological polar surface area (TPSA) is 18.5 Å². The summed E-state index contributed by atoms with van der Waals surface area (Å²) >= 11 is 0. The van der Waals surface area contributed by atoms with Crippen molar-refractivity contribution >= 4 is 0 Å². The van der Waals surface area contributed by atoms with Crippen LogP contribution < -0.4 is 5.32 Å². The van der Waals surface area contributed by atoms with Gasteiger partial charge in [0.1, 0.15) is 0 Å². The molecular formula is C13H31N3. The molecule has 16 heavy (non-hydrogen) atoms. The van der Waals surface area contributed by atoms with Crippen molar-refractivity contribution in [2.75, 3.05) is 40.8 Å². The molecule has 1 N–H and O–H groups in total. The van der Waals surface area contributed by atoms with E-state index >= 15 is 0 Å². The molecule has 0 bridgehead atoms. The lowest BCUT2D eigenvalue weighted by molar-refractivity contribution is 0.170. The molecule has 0 aliphatic rings. The maximum atomic E-state index is 3.41. The quantitative estimate of drug-likeness (QED) is 0.648. The van der Waals surface area contributed by atoms with Gasteiger partial charge in [-0.05, 0) is 60.5 Å². The van der Waals surface area contributed by atoms with Crippen molar-refractivity contribution in [3.8, 4) is 0 Å². The van der Waals surface area contributed by atoms with Crippen molar-refractivity contribution in [1.82, 2.24) is 15.1 Å². The molecule has 0 radical (unpaired) electrons. The van der Waals surface area contributed by atoms with Gasteiger partial charge in [0.15, 0.2) is 0 Å². The molecule has 98 valence electrons. The van der Waals surface area contributed by atoms with Crippen LogP contribution in [0.4, 0.5) is 0 Å². The SMILES string of the molecule is CCC(NC)C(C)N(CC)CCCN(C)C. The highest BCUT2D eigenvalue weighted by Gasteiger charge is 2.19. The number of nitrogens with zero attached hydrogens (tertiary/aromatic N) is 2. The van der Waals surface area contributed by atoms with Crippen molar-refractivity contribution in [3.63, 3.8) is 0 Å². The molecule has 0 aromatic rings. The van der Waals surface area contributed by atoms with Crippen molar-refractivity contribution in [3.05, 3.63) is 0 Å². The van der Waals surface area contributed by atoms with Gasteiger partial charge in [-0.25, -0.2) is 0 Å². The number of hydrogen-bond acceptors (Lipinski definition) is 3. The van der Waals surface area contributed by atoms with E-state index in [-0.39, 0.29) is 0 Å². The van der Waals surface area contributed by atoms with Crippen LogP contribution in [-0.4, -0.2) is 62.7 Å². The fourth-order valence-corrected chi connectivity index (χ4v) is 2.28. The van der Waals surface area contributed by atoms with Gasteiger partial charge in [-0.3, -0.25) is 4.90 Å². The fourth-order valence-electron chi connectivity index (χ4n) is 2.28. The Hall–Kier alpha value is -0.120. The first-order chi connectivity index (χ1) is 7.56. The number of rotatable bonds is 9. The summed E-state index contributed by atoms with van der Waals surface area (Å²) in [7, 11) is 6.35. The van der Waals surface area contributed by atoms with Crippen molar-refractivity contribution in [1.29, 1.82) is 0 Å². The van der Waals surface area contributed by atoms with Gasteiger partial charge < -0.3 is 10.2 Å². The number of nitrogens with one attached hydrogen (secondary N) is 1. The van der Waals surface area contributed by atoms with Gasteiger partial charge in [-0.15, -0.1) is 0 Å². The van der Waals surface area contributed by atoms with Crippen LogP contribution in [0.1, 0.15) is 33.6 Å². The lowest BCUT2D eigenvalue weighted by Gasteiger charge is -2.33. The summed E-state index contributed by atoms with van der Waals surface area (Å²) in [6.07, 6.45) is 2.45. The Morgan fingerprint density at radius 2 is 1.75 bits per heavy atom. The number of hydrogen-bond donors (Lipinski definition) is 1. The Morgan fingerprint density at radius 1 is 1.12 bits per heavy atom. The van der Waals surface area contributed by atoms with E-state index in [1.54, 1.807) is 0 Å². The van der Waals surface area contributed by atoms with Crippen LogP contribution in [0.3, 0.4) is 0 Å². The second-order valence-electron chi connectivity index (χ2n) is 4.83. The highest BCUT2D eigenvalue weighted by Crippen LogP contribution is 2.08. The van der Waals surface area contributed by atoms with Gasteiger partial charge in [0.05, 0.1) is 0 Å². The summed E-state index contributed by atoms with van der Waals surface area (Å²) in [6, 6.07) is 1.24. The van der Waals surface area contributed by atoms with E-state index in [0.717, 1.165) is 6.54 Å². The zero-order chi connectivity index (χ0) is 12.6. The molecule has 2 atom stereocenters. The Balaban J connectivity index is 4.04. The smallest absolute Gasteiger partial charge is 0.0220 e. The van der Waals surface area contributed by atoms with E-state index < -0.39 is 0 Å². The molecule has 0 aliphatic carbocycles. The molecule has 0 aromatic heterocycles. The summed E-state index contributed by atoms with van der Waals surface area (Å²) in [4.78, 5) is 4.84. The third-order valence-corrected chi connectivity index (χ3v) is 3.43. The maximum absolute atomic E-state index is 3.41. The molecule has 0 rings (SSSR count). The van der Waals surface area contributed by atoms with Crippen LogP contribution >= 0.6 is 0 Å². The lowest BCUT2D eigenvalue weighted by Crippen LogP contribution is -2.47. The summed E-state index contributed by atoms with van der Waals surface area (Å²) in [6.45, 7) is 10.4. The average Bonchev–Trinajstić information content (AvgIpc) is 2.25. The summed E-state index contributed by atoms with van der Waals surface area (Å²) < 4.78 is 0. The van der Waals surface area contributed by atoms with Crippen molar-refractivity contribution in [2.24, 2.45) is 0 Å². The molecule has 0 aromatic carbocycles. The molecule has 0 heterocycles. The van der Waals surface area contributed by atoms with Crippen molar-refractivity contribution in [2.45, 2.75) is 45.7 Å². The van der Waals surface area contributed by atoms with E-state index in [2.05, 4.69) is 57.0 Å². The molecular weight excluding hydrogens is 198 g/mol. The monoisotopic (exact) mass is 229 g/mol. The zero-order valence-corrected chi connectivity index (χ0v) is 12.1. The molecule has 3 heteroatoms. The molecule has 0 fully saturated rings. The van der Waals surface area contributed by atoms with Gasteiger partial charge in [0.25, 0.3) is 0 Å². The van der Waals surface area contributed by atoms with Crippen LogP contribution in [0.2, 0.25) is 0 Å². The van der Waals surface area contributed by atoms with Gasteiger partial charge >= 0.3 is 0 Å². The van der Waals surface area contributed by atoms with Crippen LogP contribution in [-0.2, 0) is 0 Å². The minimum atomic E-state index is 0.610. The summed E-state index contributed by atoms with van der Waals surface area (Å²) in [5.41, 5.74) is 0. The minimum Gasteiger partial charge on any atom is -0.315 e. The van der Waals surface area contributed by atoms with Gasteiger partial charge in [0, 0.05) is 12.1 Å². The largest absolute Gasteiger partial charge is 0.315 e. The van der Waals surface area contributed by atoms with Crippen LogP contribution in [0.5, 0.6) is 0 Å². The Bertz CT molecular complexity index is 155. The van der Waals surface area contributed by atoms with Crippen LogP contribution in [0.25, 0.3) is 0 Å². The first kappa shape index (κ1) is 15.9. The molecule has 0 saturated heterocycles. The molecule has 0 saturated carbocycles. The molecule has 0 aliphatic heterocycles. The maximum Gasteiger partial charge on any atom is 0.0220 e. The molecule has 3 nitrogen and oxygen atoms in total. The molecule has 2 unspecified atom stereocenters. The second-order valence-corrected chi connectivity index (χ2v) is 4.83. The summed E-state index contributed by atoms with van der Waals surface area (Å²) in [5.74, 6) is 0. The van der Waals surface area contributed by atoms with Gasteiger partial charge in [-0.2, -0.15) is 0 Å². The average molecular weight is 229 g/mol. The second kappa shape index (κ2) is 8.97. The highest BCUT2D eigenvalue weighted by atomic mass is 15.2. The Morgan fingerprint density at radius 3 is 2.12 bits per heavy atom. The third kappa shape index (κ3) is 5.83. The molecule has 0 amide bonds. The fraction of sp³-hybridized carbons (Fsp3) is 1.00. The lowest BCUT2D eigenvalue weighted by atomic mass is 10.1. The Labute approximate surface area is 102 Å². The van der Waals surface area contributed by atoms with E-state index in [4.69, 9.17) is 0 Å². The Kier molecular flexibility index (Phi) is 8.90. The third-order valence-electron chi connectivity index (χ3n) is 3.43. The van der Waals surface area contributed by atoms with Gasteiger partial charge in [-0.1, -0.05) is 13.8 Å². The minimum absolute atomic E-state index is 0.610. The van der Waals surface area contributed by atoms with E-state index in [9.17, 15) is 0 Å². The normalized spacial score (nSPS) is 15.8. The van der Waals surface area contributed by atoms with E-state index in [1.807, 2.05) is 0 Å². The van der Waals surface area contributed by atoms with Crippen LogP contribution in [0.15, 0.2) is 0 Å². The predicted octanol–water partition coefficient (Wildman–Crippen LogP) is 1.65. The van der Waals surface area contributed by atoms with E-state index in [0.29, 0.717) is 12.1 Å². The highest BCUT2D eigenvalue weighted by molar-refractivity contribution is 4.78. The summed E-state index contributed by atoms with van der Waals surface area (Å²) in [5, 5.41) is 3.41. The molecule has 0 spiro atoms. The predicted molar refractivity (Wildman–Crippen MR) is 73.0 cm³/mol. The van der Waals surface area contributed by atoms with Crippen LogP contribution in [0, 0.1) is 0 Å². The van der Waals surface area contributed by atoms with Crippen molar-refractivity contribution < 1.29 is 0 Å². The van der Waals surface area contributed by atoms with Gasteiger partial charge in [0.2, 0.25) is 0 Å². The zero-order valence-electron chi connectivity index (χ0n) is 12.1. The van der Waals surface area contributed by atoms with E-state index in [1.165, 1.54) is 25.9 Å². The number of likely N-dealkylation sites (N-methyl/N-ethyl adjacent to an activating group) is 2. The first-order valence-corrected chi connectivity index (χ1v) is 6.62.